The van der Waals surface area contributed by atoms with E-state index in [2.05, 4.69) is 15.6 Å². The minimum absolute atomic E-state index is 0.123. The Hall–Kier alpha value is -2.11. The van der Waals surface area contributed by atoms with Crippen molar-refractivity contribution in [3.8, 4) is 0 Å². The quantitative estimate of drug-likeness (QED) is 0.710. The van der Waals surface area contributed by atoms with Gasteiger partial charge in [-0.05, 0) is 12.1 Å². The van der Waals surface area contributed by atoms with Crippen LogP contribution in [-0.4, -0.2) is 29.9 Å². The highest BCUT2D eigenvalue weighted by Crippen LogP contribution is 2.22. The van der Waals surface area contributed by atoms with E-state index in [1.165, 1.54) is 6.92 Å². The van der Waals surface area contributed by atoms with E-state index in [1.54, 1.807) is 12.1 Å². The van der Waals surface area contributed by atoms with Crippen molar-refractivity contribution < 1.29 is 9.59 Å². The van der Waals surface area contributed by atoms with Crippen molar-refractivity contribution in [3.05, 3.63) is 23.4 Å². The number of hydrogen-bond donors (Lipinski definition) is 3. The van der Waals surface area contributed by atoms with E-state index >= 15 is 0 Å². The summed E-state index contributed by atoms with van der Waals surface area (Å²) in [7, 11) is 0. The van der Waals surface area contributed by atoms with E-state index in [4.69, 9.17) is 5.73 Å². The molecule has 0 atom stereocenters. The van der Waals surface area contributed by atoms with Crippen molar-refractivity contribution in [3.63, 3.8) is 0 Å². The minimum atomic E-state index is -0.227. The molecule has 0 bridgehead atoms. The molecular weight excluding hydrogens is 256 g/mol. The lowest BCUT2D eigenvalue weighted by atomic mass is 9.90. The van der Waals surface area contributed by atoms with Gasteiger partial charge < -0.3 is 16.4 Å². The van der Waals surface area contributed by atoms with E-state index in [0.717, 1.165) is 5.69 Å². The summed E-state index contributed by atoms with van der Waals surface area (Å²) in [5, 5.41) is 5.33. The number of nitrogens with one attached hydrogen (secondary N) is 2. The largest absolute Gasteiger partial charge is 0.384 e. The topological polar surface area (TPSA) is 97.1 Å². The molecule has 6 nitrogen and oxygen atoms in total. The lowest BCUT2D eigenvalue weighted by Crippen LogP contribution is -2.33. The molecular formula is C14H22N4O2. The highest BCUT2D eigenvalue weighted by molar-refractivity contribution is 5.95. The van der Waals surface area contributed by atoms with Gasteiger partial charge in [0.2, 0.25) is 5.91 Å². The zero-order chi connectivity index (χ0) is 15.3. The molecule has 0 aliphatic rings. The number of nitrogens with two attached hydrogens (primary N) is 1. The number of nitrogens with zero attached hydrogens (tertiary/aromatic N) is 1. The summed E-state index contributed by atoms with van der Waals surface area (Å²) < 4.78 is 0. The molecule has 0 spiro atoms. The number of carbonyl (C=O) groups excluding carboxylic acids is 2. The van der Waals surface area contributed by atoms with Crippen LogP contribution in [0.25, 0.3) is 0 Å². The first-order valence-corrected chi connectivity index (χ1v) is 6.51. The van der Waals surface area contributed by atoms with Crippen molar-refractivity contribution in [1.29, 1.82) is 0 Å². The van der Waals surface area contributed by atoms with Gasteiger partial charge in [0.05, 0.1) is 0 Å². The van der Waals surface area contributed by atoms with E-state index in [1.807, 2.05) is 20.8 Å². The van der Waals surface area contributed by atoms with Gasteiger partial charge in [-0.1, -0.05) is 20.8 Å². The van der Waals surface area contributed by atoms with E-state index in [-0.39, 0.29) is 17.2 Å². The Bertz CT molecular complexity index is 506. The molecule has 0 aliphatic carbocycles. The second kappa shape index (κ2) is 6.36. The van der Waals surface area contributed by atoms with Gasteiger partial charge in [0.25, 0.3) is 5.91 Å². The van der Waals surface area contributed by atoms with Gasteiger partial charge >= 0.3 is 0 Å². The summed E-state index contributed by atoms with van der Waals surface area (Å²) in [5.74, 6) is -0.0261. The molecule has 0 aromatic carbocycles. The first-order chi connectivity index (χ1) is 9.20. The molecule has 1 aromatic rings. The van der Waals surface area contributed by atoms with Crippen LogP contribution in [0.3, 0.4) is 0 Å². The lowest BCUT2D eigenvalue weighted by molar-refractivity contribution is -0.118. The summed E-state index contributed by atoms with van der Waals surface area (Å²) in [5.41, 5.74) is 6.81. The molecule has 0 saturated heterocycles. The Labute approximate surface area is 119 Å². The molecule has 1 rings (SSSR count). The van der Waals surface area contributed by atoms with Gasteiger partial charge in [0.1, 0.15) is 5.82 Å². The number of aromatic nitrogens is 1. The SMILES string of the molecule is CC(=O)NCCNC(=O)c1cc(N)nc(C(C)(C)C)c1. The smallest absolute Gasteiger partial charge is 0.251 e. The molecule has 4 N–H and O–H groups in total. The maximum Gasteiger partial charge on any atom is 0.251 e. The maximum atomic E-state index is 12.0. The number of amides is 2. The van der Waals surface area contributed by atoms with Crippen LogP contribution < -0.4 is 16.4 Å². The fraction of sp³-hybridized carbons (Fsp3) is 0.500. The number of pyridine rings is 1. The molecule has 1 heterocycles. The van der Waals surface area contributed by atoms with Gasteiger partial charge in [0, 0.05) is 36.7 Å². The number of nitrogen functional groups attached to an aromatic ring is 1. The summed E-state index contributed by atoms with van der Waals surface area (Å²) in [6.07, 6.45) is 0. The second-order valence-electron chi connectivity index (χ2n) is 5.65. The van der Waals surface area contributed by atoms with Crippen LogP contribution in [0, 0.1) is 0 Å². The molecule has 0 unspecified atom stereocenters. The van der Waals surface area contributed by atoms with Crippen molar-refractivity contribution in [2.75, 3.05) is 18.8 Å². The number of rotatable bonds is 4. The molecule has 0 saturated carbocycles. The van der Waals surface area contributed by atoms with Crippen LogP contribution >= 0.6 is 0 Å². The Morgan fingerprint density at radius 1 is 1.20 bits per heavy atom. The maximum absolute atomic E-state index is 12.0. The Kier molecular flexibility index (Phi) is 5.07. The monoisotopic (exact) mass is 278 g/mol. The first-order valence-electron chi connectivity index (χ1n) is 6.51. The third-order valence-corrected chi connectivity index (χ3v) is 2.66. The van der Waals surface area contributed by atoms with E-state index < -0.39 is 0 Å². The van der Waals surface area contributed by atoms with Gasteiger partial charge in [-0.15, -0.1) is 0 Å². The van der Waals surface area contributed by atoms with Crippen LogP contribution in [0.2, 0.25) is 0 Å². The standard InChI is InChI=1S/C14H22N4O2/c1-9(19)16-5-6-17-13(20)10-7-11(14(2,3)4)18-12(15)8-10/h7-8H,5-6H2,1-4H3,(H2,15,18)(H,16,19)(H,17,20). The molecule has 0 radical (unpaired) electrons. The fourth-order valence-electron chi connectivity index (χ4n) is 1.58. The Balaban J connectivity index is 2.73. The second-order valence-corrected chi connectivity index (χ2v) is 5.65. The normalized spacial score (nSPS) is 11.0. The van der Waals surface area contributed by atoms with E-state index in [9.17, 15) is 9.59 Å². The van der Waals surface area contributed by atoms with Gasteiger partial charge in [-0.25, -0.2) is 4.98 Å². The first kappa shape index (κ1) is 15.9. The third-order valence-electron chi connectivity index (χ3n) is 2.66. The molecule has 1 aromatic heterocycles. The van der Waals surface area contributed by atoms with Crippen LogP contribution in [-0.2, 0) is 10.2 Å². The molecule has 0 aliphatic heterocycles. The lowest BCUT2D eigenvalue weighted by Gasteiger charge is -2.19. The zero-order valence-electron chi connectivity index (χ0n) is 12.4. The van der Waals surface area contributed by atoms with Crippen molar-refractivity contribution in [1.82, 2.24) is 15.6 Å². The fourth-order valence-corrected chi connectivity index (χ4v) is 1.58. The number of carbonyl (C=O) groups is 2. The van der Waals surface area contributed by atoms with Crippen LogP contribution in [0.4, 0.5) is 5.82 Å². The molecule has 2 amide bonds. The Morgan fingerprint density at radius 2 is 1.80 bits per heavy atom. The number of hydrogen-bond acceptors (Lipinski definition) is 4. The van der Waals surface area contributed by atoms with Gasteiger partial charge in [-0.3, -0.25) is 9.59 Å². The Morgan fingerprint density at radius 3 is 2.35 bits per heavy atom. The molecule has 20 heavy (non-hydrogen) atoms. The highest BCUT2D eigenvalue weighted by Gasteiger charge is 2.18. The summed E-state index contributed by atoms with van der Waals surface area (Å²) in [6, 6.07) is 3.28. The predicted octanol–water partition coefficient (Wildman–Crippen LogP) is 0.827. The number of anilines is 1. The van der Waals surface area contributed by atoms with Gasteiger partial charge in [0.15, 0.2) is 0 Å². The van der Waals surface area contributed by atoms with Crippen LogP contribution in [0.1, 0.15) is 43.7 Å². The predicted molar refractivity (Wildman–Crippen MR) is 78.4 cm³/mol. The van der Waals surface area contributed by atoms with Gasteiger partial charge in [-0.2, -0.15) is 0 Å². The summed E-state index contributed by atoms with van der Waals surface area (Å²) in [6.45, 7) is 8.22. The average Bonchev–Trinajstić information content (AvgIpc) is 2.32. The third kappa shape index (κ3) is 4.87. The summed E-state index contributed by atoms with van der Waals surface area (Å²) in [4.78, 5) is 27.0. The van der Waals surface area contributed by atoms with Crippen LogP contribution in [0.15, 0.2) is 12.1 Å². The van der Waals surface area contributed by atoms with Crippen molar-refractivity contribution in [2.45, 2.75) is 33.1 Å². The average molecular weight is 278 g/mol. The summed E-state index contributed by atoms with van der Waals surface area (Å²) >= 11 is 0. The zero-order valence-corrected chi connectivity index (χ0v) is 12.4. The van der Waals surface area contributed by atoms with Crippen molar-refractivity contribution >= 4 is 17.6 Å². The molecule has 110 valence electrons. The van der Waals surface area contributed by atoms with Crippen LogP contribution in [0.5, 0.6) is 0 Å². The highest BCUT2D eigenvalue weighted by atomic mass is 16.2. The van der Waals surface area contributed by atoms with Crippen molar-refractivity contribution in [2.24, 2.45) is 0 Å². The molecule has 0 fully saturated rings. The molecule has 6 heteroatoms. The minimum Gasteiger partial charge on any atom is -0.384 e. The van der Waals surface area contributed by atoms with E-state index in [0.29, 0.717) is 24.5 Å².